The van der Waals surface area contributed by atoms with Gasteiger partial charge in [-0.1, -0.05) is 19.1 Å². The van der Waals surface area contributed by atoms with Gasteiger partial charge in [-0.15, -0.1) is 0 Å². The average Bonchev–Trinajstić information content (AvgIpc) is 2.38. The van der Waals surface area contributed by atoms with Gasteiger partial charge in [-0.05, 0) is 44.4 Å². The van der Waals surface area contributed by atoms with E-state index in [2.05, 4.69) is 4.72 Å². The average molecular weight is 333 g/mol. The van der Waals surface area contributed by atoms with Crippen molar-refractivity contribution in [3.05, 3.63) is 29.8 Å². The van der Waals surface area contributed by atoms with Gasteiger partial charge in [-0.3, -0.25) is 0 Å². The highest BCUT2D eigenvalue weighted by atomic mass is 32.2. The molecule has 0 fully saturated rings. The molecule has 21 heavy (non-hydrogen) atoms. The Kier molecular flexibility index (Phi) is 6.37. The fourth-order valence-electron chi connectivity index (χ4n) is 1.81. The fraction of sp³-hybridized carbons (Fsp3) is 0.571. The van der Waals surface area contributed by atoms with Crippen LogP contribution in [0.4, 0.5) is 0 Å². The zero-order valence-corrected chi connectivity index (χ0v) is 14.3. The molecule has 0 aliphatic heterocycles. The molecule has 0 saturated heterocycles. The Bertz CT molecular complexity index is 647. The van der Waals surface area contributed by atoms with Gasteiger partial charge in [0.1, 0.15) is 0 Å². The molecule has 0 amide bonds. The Hall–Kier alpha value is -0.920. The van der Waals surface area contributed by atoms with Crippen LogP contribution < -0.4 is 4.72 Å². The highest BCUT2D eigenvalue weighted by Gasteiger charge is 2.18. The molecule has 0 bridgehead atoms. The van der Waals surface area contributed by atoms with Crippen molar-refractivity contribution in [2.75, 3.05) is 12.3 Å². The zero-order chi connectivity index (χ0) is 16.1. The minimum atomic E-state index is -3.26. The van der Waals surface area contributed by atoms with Crippen molar-refractivity contribution in [2.24, 2.45) is 0 Å². The normalized spacial score (nSPS) is 12.8. The minimum absolute atomic E-state index is 0.124. The van der Waals surface area contributed by atoms with Crippen LogP contribution >= 0.6 is 0 Å². The monoisotopic (exact) mass is 333 g/mol. The van der Waals surface area contributed by atoms with Gasteiger partial charge in [0.2, 0.25) is 10.0 Å². The van der Waals surface area contributed by atoms with Gasteiger partial charge in [0.25, 0.3) is 0 Å². The van der Waals surface area contributed by atoms with Crippen LogP contribution in [0.1, 0.15) is 32.8 Å². The molecular formula is C14H23NO4S2. The smallest absolute Gasteiger partial charge is 0.211 e. The summed E-state index contributed by atoms with van der Waals surface area (Å²) in [5, 5.41) is -0.454. The van der Waals surface area contributed by atoms with Gasteiger partial charge in [0.15, 0.2) is 9.84 Å². The molecule has 0 aliphatic rings. The topological polar surface area (TPSA) is 80.3 Å². The molecule has 0 aliphatic carbocycles. The summed E-state index contributed by atoms with van der Waals surface area (Å²) < 4.78 is 49.4. The van der Waals surface area contributed by atoms with Crippen molar-refractivity contribution in [1.29, 1.82) is 0 Å². The lowest BCUT2D eigenvalue weighted by Gasteiger charge is -2.09. The lowest BCUT2D eigenvalue weighted by molar-refractivity contribution is 0.580. The van der Waals surface area contributed by atoms with E-state index >= 15 is 0 Å². The van der Waals surface area contributed by atoms with E-state index in [1.165, 1.54) is 0 Å². The number of rotatable bonds is 8. The van der Waals surface area contributed by atoms with Gasteiger partial charge in [0, 0.05) is 6.54 Å². The van der Waals surface area contributed by atoms with E-state index in [-0.39, 0.29) is 5.75 Å². The Morgan fingerprint density at radius 1 is 1.05 bits per heavy atom. The molecule has 0 radical (unpaired) electrons. The van der Waals surface area contributed by atoms with Crippen molar-refractivity contribution in [3.63, 3.8) is 0 Å². The molecule has 1 aromatic rings. The highest BCUT2D eigenvalue weighted by Crippen LogP contribution is 2.16. The summed E-state index contributed by atoms with van der Waals surface area (Å²) in [5.41, 5.74) is 0.900. The first-order valence-electron chi connectivity index (χ1n) is 6.99. The molecule has 0 heterocycles. The first-order chi connectivity index (χ1) is 9.69. The molecule has 5 nitrogen and oxygen atoms in total. The molecule has 1 rings (SSSR count). The Morgan fingerprint density at radius 3 is 2.10 bits per heavy atom. The van der Waals surface area contributed by atoms with Crippen LogP contribution in [0.15, 0.2) is 29.2 Å². The standard InChI is InChI=1S/C14H23NO4S2/c1-4-11-20(16,17)15-10-9-13-5-7-14(8-6-13)21(18,19)12(2)3/h5-8,12,15H,4,9-11H2,1-3H3. The molecule has 7 heteroatoms. The van der Waals surface area contributed by atoms with E-state index in [0.29, 0.717) is 24.3 Å². The van der Waals surface area contributed by atoms with Crippen LogP contribution in [0.2, 0.25) is 0 Å². The van der Waals surface area contributed by atoms with Crippen molar-refractivity contribution < 1.29 is 16.8 Å². The molecule has 0 spiro atoms. The van der Waals surface area contributed by atoms with E-state index in [0.717, 1.165) is 5.56 Å². The van der Waals surface area contributed by atoms with Crippen molar-refractivity contribution in [2.45, 2.75) is 43.8 Å². The van der Waals surface area contributed by atoms with Gasteiger partial charge < -0.3 is 0 Å². The molecule has 0 atom stereocenters. The molecule has 1 aromatic carbocycles. The van der Waals surface area contributed by atoms with Crippen LogP contribution in [0.5, 0.6) is 0 Å². The number of sulfone groups is 1. The third-order valence-corrected chi connectivity index (χ3v) is 6.84. The summed E-state index contributed by atoms with van der Waals surface area (Å²) >= 11 is 0. The maximum atomic E-state index is 12.0. The third-order valence-electron chi connectivity index (χ3n) is 3.08. The molecule has 0 aromatic heterocycles. The number of nitrogens with one attached hydrogen (secondary N) is 1. The highest BCUT2D eigenvalue weighted by molar-refractivity contribution is 7.92. The number of benzene rings is 1. The summed E-state index contributed by atoms with van der Waals surface area (Å²) in [6, 6.07) is 6.60. The zero-order valence-electron chi connectivity index (χ0n) is 12.7. The SMILES string of the molecule is CCCS(=O)(=O)NCCc1ccc(S(=O)(=O)C(C)C)cc1. The lowest BCUT2D eigenvalue weighted by atomic mass is 10.2. The maximum absolute atomic E-state index is 12.0. The third kappa shape index (κ3) is 5.41. The number of hydrogen-bond acceptors (Lipinski definition) is 4. The van der Waals surface area contributed by atoms with Crippen molar-refractivity contribution in [1.82, 2.24) is 4.72 Å². The Morgan fingerprint density at radius 2 is 1.62 bits per heavy atom. The van der Waals surface area contributed by atoms with Crippen LogP contribution in [-0.4, -0.2) is 34.4 Å². The van der Waals surface area contributed by atoms with Gasteiger partial charge in [0.05, 0.1) is 15.9 Å². The lowest BCUT2D eigenvalue weighted by Crippen LogP contribution is -2.28. The van der Waals surface area contributed by atoms with Gasteiger partial charge in [-0.25, -0.2) is 21.6 Å². The maximum Gasteiger partial charge on any atom is 0.211 e. The Labute approximate surface area is 127 Å². The van der Waals surface area contributed by atoms with E-state index in [4.69, 9.17) is 0 Å². The molecule has 0 saturated carbocycles. The first kappa shape index (κ1) is 18.1. The largest absolute Gasteiger partial charge is 0.223 e. The molecule has 0 unspecified atom stereocenters. The van der Waals surface area contributed by atoms with Crippen molar-refractivity contribution in [3.8, 4) is 0 Å². The molecule has 1 N–H and O–H groups in total. The molecule has 120 valence electrons. The minimum Gasteiger partial charge on any atom is -0.223 e. The quantitative estimate of drug-likeness (QED) is 0.786. The number of hydrogen-bond donors (Lipinski definition) is 1. The second-order valence-corrected chi connectivity index (χ2v) is 9.63. The summed E-state index contributed by atoms with van der Waals surface area (Å²) in [4.78, 5) is 0.299. The van der Waals surface area contributed by atoms with Crippen LogP contribution in [0.3, 0.4) is 0 Å². The van der Waals surface area contributed by atoms with Crippen LogP contribution in [0.25, 0.3) is 0 Å². The summed E-state index contributed by atoms with van der Waals surface area (Å²) in [7, 11) is -6.45. The Balaban J connectivity index is 2.65. The van der Waals surface area contributed by atoms with Gasteiger partial charge >= 0.3 is 0 Å². The van der Waals surface area contributed by atoms with E-state index in [9.17, 15) is 16.8 Å². The van der Waals surface area contributed by atoms with E-state index < -0.39 is 25.1 Å². The van der Waals surface area contributed by atoms with Crippen LogP contribution in [-0.2, 0) is 26.3 Å². The predicted molar refractivity (Wildman–Crippen MR) is 84.5 cm³/mol. The second-order valence-electron chi connectivity index (χ2n) is 5.20. The molecular weight excluding hydrogens is 310 g/mol. The summed E-state index contributed by atoms with van der Waals surface area (Å²) in [6.07, 6.45) is 1.11. The predicted octanol–water partition coefficient (Wildman–Crippen LogP) is 1.74. The summed E-state index contributed by atoms with van der Waals surface area (Å²) in [5.74, 6) is 0.124. The van der Waals surface area contributed by atoms with E-state index in [1.807, 2.05) is 6.92 Å². The van der Waals surface area contributed by atoms with E-state index in [1.54, 1.807) is 38.1 Å². The summed E-state index contributed by atoms with van der Waals surface area (Å²) in [6.45, 7) is 5.42. The number of sulfonamides is 1. The van der Waals surface area contributed by atoms with Crippen molar-refractivity contribution >= 4 is 19.9 Å². The van der Waals surface area contributed by atoms with Crippen LogP contribution in [0, 0.1) is 0 Å². The van der Waals surface area contributed by atoms with Gasteiger partial charge in [-0.2, -0.15) is 0 Å². The second kappa shape index (κ2) is 7.38. The fourth-order valence-corrected chi connectivity index (χ4v) is 3.96. The first-order valence-corrected chi connectivity index (χ1v) is 10.2.